The van der Waals surface area contributed by atoms with E-state index in [2.05, 4.69) is 11.5 Å². The van der Waals surface area contributed by atoms with Crippen molar-refractivity contribution in [3.8, 4) is 0 Å². The molecule has 0 aromatic heterocycles. The Bertz CT molecular complexity index is 576. The van der Waals surface area contributed by atoms with Gasteiger partial charge >= 0.3 is 0 Å². The Hall–Kier alpha value is -0.880. The lowest BCUT2D eigenvalue weighted by molar-refractivity contribution is 0.201. The van der Waals surface area contributed by atoms with Crippen LogP contribution >= 0.6 is 11.6 Å². The fourth-order valence-corrected chi connectivity index (χ4v) is 3.81. The van der Waals surface area contributed by atoms with Gasteiger partial charge < -0.3 is 0 Å². The predicted octanol–water partition coefficient (Wildman–Crippen LogP) is 2.22. The van der Waals surface area contributed by atoms with E-state index < -0.39 is 10.0 Å². The first-order valence-corrected chi connectivity index (χ1v) is 8.34. The Labute approximate surface area is 125 Å². The SMILES string of the molecule is C=C(C)CN1CCN(S(=O)(=O)c2ccc(Cl)cc2)CC1. The van der Waals surface area contributed by atoms with Crippen LogP contribution in [0.15, 0.2) is 41.3 Å². The standard InChI is InChI=1S/C14H19ClN2O2S/c1-12(2)11-16-7-9-17(10-8-16)20(18,19)14-5-3-13(15)4-6-14/h3-6H,1,7-11H2,2H3. The summed E-state index contributed by atoms with van der Waals surface area (Å²) in [4.78, 5) is 2.52. The van der Waals surface area contributed by atoms with Crippen molar-refractivity contribution in [1.29, 1.82) is 0 Å². The van der Waals surface area contributed by atoms with E-state index in [9.17, 15) is 8.42 Å². The molecule has 110 valence electrons. The van der Waals surface area contributed by atoms with Gasteiger partial charge in [-0.05, 0) is 31.2 Å². The lowest BCUT2D eigenvalue weighted by Gasteiger charge is -2.34. The molecule has 1 aliphatic rings. The third-order valence-electron chi connectivity index (χ3n) is 3.28. The quantitative estimate of drug-likeness (QED) is 0.800. The lowest BCUT2D eigenvalue weighted by atomic mass is 10.3. The highest BCUT2D eigenvalue weighted by Crippen LogP contribution is 2.19. The molecule has 0 spiro atoms. The first kappa shape index (κ1) is 15.5. The van der Waals surface area contributed by atoms with Crippen molar-refractivity contribution < 1.29 is 8.42 Å². The van der Waals surface area contributed by atoms with E-state index in [4.69, 9.17) is 11.6 Å². The van der Waals surface area contributed by atoms with E-state index in [0.29, 0.717) is 23.0 Å². The molecule has 0 bridgehead atoms. The number of hydrogen-bond donors (Lipinski definition) is 0. The predicted molar refractivity (Wildman–Crippen MR) is 81.5 cm³/mol. The molecule has 1 aliphatic heterocycles. The molecule has 0 aliphatic carbocycles. The van der Waals surface area contributed by atoms with Gasteiger partial charge in [0.15, 0.2) is 0 Å². The minimum absolute atomic E-state index is 0.301. The number of benzene rings is 1. The molecule has 2 rings (SSSR count). The maximum Gasteiger partial charge on any atom is 0.243 e. The third kappa shape index (κ3) is 3.61. The second kappa shape index (κ2) is 6.26. The van der Waals surface area contributed by atoms with Gasteiger partial charge in [-0.3, -0.25) is 4.90 Å². The molecule has 0 radical (unpaired) electrons. The van der Waals surface area contributed by atoms with Crippen molar-refractivity contribution in [3.05, 3.63) is 41.4 Å². The average Bonchev–Trinajstić information content (AvgIpc) is 2.39. The van der Waals surface area contributed by atoms with Crippen LogP contribution in [0.2, 0.25) is 5.02 Å². The fourth-order valence-electron chi connectivity index (χ4n) is 2.27. The lowest BCUT2D eigenvalue weighted by Crippen LogP contribution is -2.48. The van der Waals surface area contributed by atoms with Gasteiger partial charge in [0.05, 0.1) is 4.90 Å². The zero-order chi connectivity index (χ0) is 14.8. The summed E-state index contributed by atoms with van der Waals surface area (Å²) < 4.78 is 26.5. The highest BCUT2D eigenvalue weighted by molar-refractivity contribution is 7.89. The van der Waals surface area contributed by atoms with Gasteiger partial charge in [-0.2, -0.15) is 4.31 Å². The Kier molecular flexibility index (Phi) is 4.86. The molecule has 1 fully saturated rings. The summed E-state index contributed by atoms with van der Waals surface area (Å²) in [6, 6.07) is 6.31. The zero-order valence-electron chi connectivity index (χ0n) is 11.5. The smallest absolute Gasteiger partial charge is 0.243 e. The van der Waals surface area contributed by atoms with Crippen LogP contribution in [0.5, 0.6) is 0 Å². The highest BCUT2D eigenvalue weighted by atomic mass is 35.5. The molecule has 0 unspecified atom stereocenters. The molecule has 4 nitrogen and oxygen atoms in total. The summed E-state index contributed by atoms with van der Waals surface area (Å²) in [5.74, 6) is 0. The van der Waals surface area contributed by atoms with Crippen molar-refractivity contribution in [2.24, 2.45) is 0 Å². The average molecular weight is 315 g/mol. The van der Waals surface area contributed by atoms with E-state index in [1.807, 2.05) is 6.92 Å². The van der Waals surface area contributed by atoms with E-state index in [1.165, 1.54) is 4.31 Å². The van der Waals surface area contributed by atoms with Gasteiger partial charge in [-0.1, -0.05) is 23.8 Å². The van der Waals surface area contributed by atoms with Crippen molar-refractivity contribution in [1.82, 2.24) is 9.21 Å². The normalized spacial score (nSPS) is 18.1. The molecule has 0 saturated carbocycles. The van der Waals surface area contributed by atoms with Crippen LogP contribution in [-0.4, -0.2) is 50.3 Å². The summed E-state index contributed by atoms with van der Waals surface area (Å²) in [7, 11) is -3.41. The van der Waals surface area contributed by atoms with Crippen LogP contribution in [0.4, 0.5) is 0 Å². The summed E-state index contributed by atoms with van der Waals surface area (Å²) in [5.41, 5.74) is 1.10. The number of sulfonamides is 1. The van der Waals surface area contributed by atoms with Gasteiger partial charge in [0.1, 0.15) is 0 Å². The second-order valence-electron chi connectivity index (χ2n) is 5.09. The van der Waals surface area contributed by atoms with Crippen LogP contribution in [0.3, 0.4) is 0 Å². The van der Waals surface area contributed by atoms with Gasteiger partial charge in [0, 0.05) is 37.7 Å². The van der Waals surface area contributed by atoms with Gasteiger partial charge in [-0.25, -0.2) is 8.42 Å². The van der Waals surface area contributed by atoms with Crippen molar-refractivity contribution in [2.45, 2.75) is 11.8 Å². The summed E-state index contributed by atoms with van der Waals surface area (Å²) >= 11 is 5.79. The molecule has 6 heteroatoms. The number of hydrogen-bond acceptors (Lipinski definition) is 3. The van der Waals surface area contributed by atoms with Crippen LogP contribution in [0, 0.1) is 0 Å². The molecule has 20 heavy (non-hydrogen) atoms. The van der Waals surface area contributed by atoms with Crippen molar-refractivity contribution in [3.63, 3.8) is 0 Å². The maximum atomic E-state index is 12.5. The Morgan fingerprint density at radius 1 is 1.20 bits per heavy atom. The largest absolute Gasteiger partial charge is 0.297 e. The molecular weight excluding hydrogens is 296 g/mol. The second-order valence-corrected chi connectivity index (χ2v) is 7.47. The summed E-state index contributed by atoms with van der Waals surface area (Å²) in [5, 5.41) is 0.537. The first-order valence-electron chi connectivity index (χ1n) is 6.52. The number of rotatable bonds is 4. The van der Waals surface area contributed by atoms with Crippen LogP contribution < -0.4 is 0 Å². The summed E-state index contributed by atoms with van der Waals surface area (Å²) in [6.07, 6.45) is 0. The Balaban J connectivity index is 2.05. The molecule has 1 aromatic rings. The van der Waals surface area contributed by atoms with Gasteiger partial charge in [0.2, 0.25) is 10.0 Å². The summed E-state index contributed by atoms with van der Waals surface area (Å²) in [6.45, 7) is 9.19. The topological polar surface area (TPSA) is 40.6 Å². The molecule has 1 saturated heterocycles. The molecule has 0 atom stereocenters. The van der Waals surface area contributed by atoms with Crippen LogP contribution in [0.1, 0.15) is 6.92 Å². The highest BCUT2D eigenvalue weighted by Gasteiger charge is 2.28. The minimum atomic E-state index is -3.41. The maximum absolute atomic E-state index is 12.5. The van der Waals surface area contributed by atoms with Crippen molar-refractivity contribution >= 4 is 21.6 Å². The van der Waals surface area contributed by atoms with E-state index in [1.54, 1.807) is 24.3 Å². The van der Waals surface area contributed by atoms with E-state index in [-0.39, 0.29) is 0 Å². The molecule has 1 aromatic carbocycles. The van der Waals surface area contributed by atoms with E-state index >= 15 is 0 Å². The zero-order valence-corrected chi connectivity index (χ0v) is 13.1. The first-order chi connectivity index (χ1) is 9.39. The monoisotopic (exact) mass is 314 g/mol. The molecule has 1 heterocycles. The number of nitrogens with zero attached hydrogens (tertiary/aromatic N) is 2. The van der Waals surface area contributed by atoms with E-state index in [0.717, 1.165) is 25.2 Å². The van der Waals surface area contributed by atoms with Crippen molar-refractivity contribution in [2.75, 3.05) is 32.7 Å². The van der Waals surface area contributed by atoms with Gasteiger partial charge in [0.25, 0.3) is 0 Å². The Morgan fingerprint density at radius 2 is 1.75 bits per heavy atom. The van der Waals surface area contributed by atoms with Crippen LogP contribution in [0.25, 0.3) is 0 Å². The molecule has 0 amide bonds. The molecular formula is C14H19ClN2O2S. The fraction of sp³-hybridized carbons (Fsp3) is 0.429. The van der Waals surface area contributed by atoms with Gasteiger partial charge in [-0.15, -0.1) is 0 Å². The number of halogens is 1. The third-order valence-corrected chi connectivity index (χ3v) is 5.44. The minimum Gasteiger partial charge on any atom is -0.297 e. The Morgan fingerprint density at radius 3 is 2.25 bits per heavy atom. The van der Waals surface area contributed by atoms with Crippen LogP contribution in [-0.2, 0) is 10.0 Å². The molecule has 0 N–H and O–H groups in total. The number of piperazine rings is 1.